The standard InChI is InChI=1S/C12H15N3O2/c1-6-5-10(9(4)17-6)12(16)13-11-7(2)14-15-8(11)3/h5H,1-4H3,(H,13,16)(H,14,15). The Morgan fingerprint density at radius 1 is 1.35 bits per heavy atom. The summed E-state index contributed by atoms with van der Waals surface area (Å²) in [5, 5.41) is 9.69. The molecule has 2 heterocycles. The summed E-state index contributed by atoms with van der Waals surface area (Å²) in [4.78, 5) is 12.0. The minimum absolute atomic E-state index is 0.174. The molecule has 0 bridgehead atoms. The number of hydrogen-bond acceptors (Lipinski definition) is 3. The van der Waals surface area contributed by atoms with E-state index in [4.69, 9.17) is 4.42 Å². The molecule has 0 radical (unpaired) electrons. The third-order valence-corrected chi connectivity index (χ3v) is 2.65. The van der Waals surface area contributed by atoms with E-state index >= 15 is 0 Å². The molecule has 0 aliphatic rings. The number of H-pyrrole nitrogens is 1. The SMILES string of the molecule is Cc1cc(C(=O)Nc2c(C)n[nH]c2C)c(C)o1. The molecule has 0 atom stereocenters. The van der Waals surface area contributed by atoms with E-state index in [1.54, 1.807) is 13.0 Å². The fraction of sp³-hybridized carbons (Fsp3) is 0.333. The second kappa shape index (κ2) is 4.08. The fourth-order valence-electron chi connectivity index (χ4n) is 1.77. The molecule has 2 rings (SSSR count). The van der Waals surface area contributed by atoms with Crippen molar-refractivity contribution in [1.82, 2.24) is 10.2 Å². The average molecular weight is 233 g/mol. The number of aromatic nitrogens is 2. The van der Waals surface area contributed by atoms with Crippen molar-refractivity contribution in [3.05, 3.63) is 34.5 Å². The number of amides is 1. The van der Waals surface area contributed by atoms with Gasteiger partial charge in [-0.25, -0.2) is 0 Å². The number of carbonyl (C=O) groups excluding carboxylic acids is 1. The van der Waals surface area contributed by atoms with Crippen molar-refractivity contribution in [1.29, 1.82) is 0 Å². The largest absolute Gasteiger partial charge is 0.466 e. The van der Waals surface area contributed by atoms with Gasteiger partial charge in [-0.15, -0.1) is 0 Å². The van der Waals surface area contributed by atoms with Crippen molar-refractivity contribution < 1.29 is 9.21 Å². The Balaban J connectivity index is 2.26. The fourth-order valence-corrected chi connectivity index (χ4v) is 1.77. The first-order valence-corrected chi connectivity index (χ1v) is 5.39. The molecular weight excluding hydrogens is 218 g/mol. The monoisotopic (exact) mass is 233 g/mol. The Morgan fingerprint density at radius 2 is 2.06 bits per heavy atom. The molecule has 0 aliphatic carbocycles. The van der Waals surface area contributed by atoms with E-state index in [-0.39, 0.29) is 5.91 Å². The van der Waals surface area contributed by atoms with Crippen molar-refractivity contribution in [2.24, 2.45) is 0 Å². The zero-order valence-electron chi connectivity index (χ0n) is 10.3. The van der Waals surface area contributed by atoms with E-state index in [9.17, 15) is 4.79 Å². The number of carbonyl (C=O) groups is 1. The summed E-state index contributed by atoms with van der Waals surface area (Å²) >= 11 is 0. The van der Waals surface area contributed by atoms with Gasteiger partial charge in [-0.2, -0.15) is 5.10 Å². The average Bonchev–Trinajstić information content (AvgIpc) is 2.74. The van der Waals surface area contributed by atoms with Gasteiger partial charge in [0.2, 0.25) is 0 Å². The number of rotatable bonds is 2. The van der Waals surface area contributed by atoms with Crippen LogP contribution in [0.25, 0.3) is 0 Å². The zero-order valence-corrected chi connectivity index (χ0v) is 10.3. The molecule has 5 nitrogen and oxygen atoms in total. The van der Waals surface area contributed by atoms with Gasteiger partial charge < -0.3 is 9.73 Å². The lowest BCUT2D eigenvalue weighted by molar-refractivity contribution is 0.102. The highest BCUT2D eigenvalue weighted by molar-refractivity contribution is 6.05. The topological polar surface area (TPSA) is 70.9 Å². The van der Waals surface area contributed by atoms with E-state index in [0.717, 1.165) is 22.8 Å². The molecule has 0 fully saturated rings. The lowest BCUT2D eigenvalue weighted by Crippen LogP contribution is -2.13. The maximum Gasteiger partial charge on any atom is 0.259 e. The summed E-state index contributed by atoms with van der Waals surface area (Å²) in [7, 11) is 0. The van der Waals surface area contributed by atoms with Gasteiger partial charge in [-0.3, -0.25) is 9.89 Å². The van der Waals surface area contributed by atoms with Crippen molar-refractivity contribution in [3.8, 4) is 0 Å². The first-order valence-electron chi connectivity index (χ1n) is 5.39. The second-order valence-corrected chi connectivity index (χ2v) is 4.09. The van der Waals surface area contributed by atoms with E-state index in [1.165, 1.54) is 0 Å². The minimum Gasteiger partial charge on any atom is -0.466 e. The summed E-state index contributed by atoms with van der Waals surface area (Å²) < 4.78 is 5.33. The molecule has 0 aromatic carbocycles. The molecule has 0 aliphatic heterocycles. The van der Waals surface area contributed by atoms with Gasteiger partial charge in [0.15, 0.2) is 0 Å². The quantitative estimate of drug-likeness (QED) is 0.837. The highest BCUT2D eigenvalue weighted by Gasteiger charge is 2.16. The highest BCUT2D eigenvalue weighted by atomic mass is 16.3. The van der Waals surface area contributed by atoms with Crippen LogP contribution < -0.4 is 5.32 Å². The number of anilines is 1. The van der Waals surface area contributed by atoms with Gasteiger partial charge >= 0.3 is 0 Å². The van der Waals surface area contributed by atoms with Crippen LogP contribution in [0.5, 0.6) is 0 Å². The molecule has 0 saturated carbocycles. The third kappa shape index (κ3) is 2.08. The summed E-state index contributed by atoms with van der Waals surface area (Å²) in [6, 6.07) is 1.73. The zero-order chi connectivity index (χ0) is 12.6. The molecule has 0 unspecified atom stereocenters. The Kier molecular flexibility index (Phi) is 2.75. The van der Waals surface area contributed by atoms with Gasteiger partial charge in [0.1, 0.15) is 11.5 Å². The number of aromatic amines is 1. The lowest BCUT2D eigenvalue weighted by atomic mass is 10.2. The molecule has 5 heteroatoms. The summed E-state index contributed by atoms with van der Waals surface area (Å²) in [6.45, 7) is 7.30. The molecule has 17 heavy (non-hydrogen) atoms. The molecule has 0 saturated heterocycles. The molecule has 1 amide bonds. The first kappa shape index (κ1) is 11.4. The summed E-state index contributed by atoms with van der Waals surface area (Å²) in [5.74, 6) is 1.18. The number of aryl methyl sites for hydroxylation is 4. The van der Waals surface area contributed by atoms with Gasteiger partial charge in [-0.1, -0.05) is 0 Å². The Bertz CT molecular complexity index is 547. The van der Waals surface area contributed by atoms with Crippen LogP contribution in [0.1, 0.15) is 33.3 Å². The van der Waals surface area contributed by atoms with Gasteiger partial charge in [0.25, 0.3) is 5.91 Å². The minimum atomic E-state index is -0.174. The van der Waals surface area contributed by atoms with Crippen LogP contribution in [0.2, 0.25) is 0 Å². The third-order valence-electron chi connectivity index (χ3n) is 2.65. The van der Waals surface area contributed by atoms with Gasteiger partial charge in [0.05, 0.1) is 22.6 Å². The molecule has 90 valence electrons. The second-order valence-electron chi connectivity index (χ2n) is 4.09. The van der Waals surface area contributed by atoms with Crippen molar-refractivity contribution in [3.63, 3.8) is 0 Å². The van der Waals surface area contributed by atoms with E-state index in [1.807, 2.05) is 20.8 Å². The predicted octanol–water partition coefficient (Wildman–Crippen LogP) is 2.49. The number of nitrogens with zero attached hydrogens (tertiary/aromatic N) is 1. The van der Waals surface area contributed by atoms with E-state index < -0.39 is 0 Å². The Labute approximate surface area is 99.2 Å². The highest BCUT2D eigenvalue weighted by Crippen LogP contribution is 2.19. The molecular formula is C12H15N3O2. The Morgan fingerprint density at radius 3 is 2.53 bits per heavy atom. The predicted molar refractivity (Wildman–Crippen MR) is 64.2 cm³/mol. The van der Waals surface area contributed by atoms with Crippen molar-refractivity contribution in [2.45, 2.75) is 27.7 Å². The molecule has 2 N–H and O–H groups in total. The maximum absolute atomic E-state index is 12.0. The van der Waals surface area contributed by atoms with Crippen LogP contribution in [0.15, 0.2) is 10.5 Å². The van der Waals surface area contributed by atoms with E-state index in [2.05, 4.69) is 15.5 Å². The summed E-state index contributed by atoms with van der Waals surface area (Å²) in [6.07, 6.45) is 0. The van der Waals surface area contributed by atoms with Crippen molar-refractivity contribution in [2.75, 3.05) is 5.32 Å². The van der Waals surface area contributed by atoms with Gasteiger partial charge in [0, 0.05) is 0 Å². The Hall–Kier alpha value is -2.04. The number of nitrogens with one attached hydrogen (secondary N) is 2. The molecule has 0 spiro atoms. The molecule has 2 aromatic heterocycles. The van der Waals surface area contributed by atoms with Crippen LogP contribution in [-0.2, 0) is 0 Å². The smallest absolute Gasteiger partial charge is 0.259 e. The molecule has 2 aromatic rings. The van der Waals surface area contributed by atoms with Crippen LogP contribution in [0, 0.1) is 27.7 Å². The van der Waals surface area contributed by atoms with Crippen LogP contribution in [0.4, 0.5) is 5.69 Å². The normalized spacial score (nSPS) is 10.6. The summed E-state index contributed by atoms with van der Waals surface area (Å²) in [5.41, 5.74) is 2.90. The first-order chi connectivity index (χ1) is 7.99. The lowest BCUT2D eigenvalue weighted by Gasteiger charge is -2.03. The van der Waals surface area contributed by atoms with E-state index in [0.29, 0.717) is 11.3 Å². The van der Waals surface area contributed by atoms with Crippen LogP contribution in [-0.4, -0.2) is 16.1 Å². The van der Waals surface area contributed by atoms with Crippen LogP contribution >= 0.6 is 0 Å². The van der Waals surface area contributed by atoms with Gasteiger partial charge in [-0.05, 0) is 33.8 Å². The number of hydrogen-bond donors (Lipinski definition) is 2. The van der Waals surface area contributed by atoms with Crippen LogP contribution in [0.3, 0.4) is 0 Å². The van der Waals surface area contributed by atoms with Crippen molar-refractivity contribution >= 4 is 11.6 Å². The maximum atomic E-state index is 12.0. The number of furan rings is 1.